The molecule has 0 spiro atoms. The maximum absolute atomic E-state index is 12.4. The molecular weight excluding hydrogens is 354 g/mol. The van der Waals surface area contributed by atoms with Gasteiger partial charge in [-0.2, -0.15) is 0 Å². The zero-order valence-corrected chi connectivity index (χ0v) is 16.1. The third-order valence-electron chi connectivity index (χ3n) is 5.00. The van der Waals surface area contributed by atoms with Crippen molar-refractivity contribution in [2.75, 3.05) is 18.5 Å². The molecule has 1 amide bonds. The molecule has 3 aromatic rings. The zero-order chi connectivity index (χ0) is 19.3. The van der Waals surface area contributed by atoms with Gasteiger partial charge in [-0.25, -0.2) is 4.98 Å². The number of pyridine rings is 1. The second kappa shape index (κ2) is 8.44. The minimum absolute atomic E-state index is 0.0763. The Bertz CT molecular complexity index is 943. The lowest BCUT2D eigenvalue weighted by Crippen LogP contribution is -2.25. The van der Waals surface area contributed by atoms with Crippen LogP contribution in [0.5, 0.6) is 5.75 Å². The van der Waals surface area contributed by atoms with E-state index in [0.717, 1.165) is 47.8 Å². The fourth-order valence-electron chi connectivity index (χ4n) is 3.47. The molecule has 146 valence electrons. The topological polar surface area (TPSA) is 64.9 Å². The highest BCUT2D eigenvalue weighted by molar-refractivity contribution is 5.92. The first-order valence-corrected chi connectivity index (χ1v) is 9.75. The van der Waals surface area contributed by atoms with E-state index >= 15 is 0 Å². The number of hydrogen-bond donors (Lipinski definition) is 1. The number of carbonyl (C=O) groups excluding carboxylic acids is 1. The van der Waals surface area contributed by atoms with E-state index in [1.807, 2.05) is 53.9 Å². The SMILES string of the molecule is Cc1cccn2c(CC(=O)Nc3ccc(OCC4CCCCO4)cc3)cnc12. The summed E-state index contributed by atoms with van der Waals surface area (Å²) in [5.41, 5.74) is 3.58. The Morgan fingerprint density at radius 3 is 2.93 bits per heavy atom. The standard InChI is InChI=1S/C22H25N3O3/c1-16-5-4-11-25-18(14-23-22(16)25)13-21(26)24-17-7-9-19(10-8-17)28-15-20-6-2-3-12-27-20/h4-5,7-11,14,20H,2-3,6,12-13,15H2,1H3,(H,24,26). The van der Waals surface area contributed by atoms with Crippen molar-refractivity contribution in [1.29, 1.82) is 0 Å². The van der Waals surface area contributed by atoms with Crippen LogP contribution in [0.25, 0.3) is 5.65 Å². The lowest BCUT2D eigenvalue weighted by molar-refractivity contribution is -0.115. The average Bonchev–Trinajstić information content (AvgIpc) is 3.12. The number of fused-ring (bicyclic) bond motifs is 1. The molecule has 1 aliphatic rings. The minimum Gasteiger partial charge on any atom is -0.491 e. The summed E-state index contributed by atoms with van der Waals surface area (Å²) in [6, 6.07) is 11.4. The number of anilines is 1. The summed E-state index contributed by atoms with van der Waals surface area (Å²) in [4.78, 5) is 16.8. The Balaban J connectivity index is 1.32. The van der Waals surface area contributed by atoms with Crippen LogP contribution in [-0.2, 0) is 16.0 Å². The molecule has 1 aromatic carbocycles. The number of carbonyl (C=O) groups is 1. The number of aryl methyl sites for hydroxylation is 1. The molecule has 0 aliphatic carbocycles. The smallest absolute Gasteiger partial charge is 0.230 e. The van der Waals surface area contributed by atoms with Crippen LogP contribution in [0, 0.1) is 6.92 Å². The van der Waals surface area contributed by atoms with E-state index in [1.54, 1.807) is 6.20 Å². The molecule has 6 nitrogen and oxygen atoms in total. The lowest BCUT2D eigenvalue weighted by atomic mass is 10.1. The normalized spacial score (nSPS) is 16.8. The summed E-state index contributed by atoms with van der Waals surface area (Å²) in [5, 5.41) is 2.93. The van der Waals surface area contributed by atoms with E-state index in [-0.39, 0.29) is 18.4 Å². The Morgan fingerprint density at radius 1 is 1.29 bits per heavy atom. The van der Waals surface area contributed by atoms with Gasteiger partial charge in [-0.15, -0.1) is 0 Å². The first-order chi connectivity index (χ1) is 13.7. The molecule has 1 saturated heterocycles. The van der Waals surface area contributed by atoms with Crippen molar-refractivity contribution in [3.05, 3.63) is 60.0 Å². The third kappa shape index (κ3) is 4.34. The monoisotopic (exact) mass is 379 g/mol. The van der Waals surface area contributed by atoms with Crippen molar-refractivity contribution in [3.63, 3.8) is 0 Å². The van der Waals surface area contributed by atoms with Gasteiger partial charge in [0.2, 0.25) is 5.91 Å². The Labute approximate surface area is 164 Å². The molecule has 1 N–H and O–H groups in total. The van der Waals surface area contributed by atoms with Gasteiger partial charge in [-0.3, -0.25) is 4.79 Å². The maximum atomic E-state index is 12.4. The lowest BCUT2D eigenvalue weighted by Gasteiger charge is -2.22. The first kappa shape index (κ1) is 18.5. The number of hydrogen-bond acceptors (Lipinski definition) is 4. The Kier molecular flexibility index (Phi) is 5.58. The fraction of sp³-hybridized carbons (Fsp3) is 0.364. The summed E-state index contributed by atoms with van der Waals surface area (Å²) < 4.78 is 13.4. The minimum atomic E-state index is -0.0763. The van der Waals surface area contributed by atoms with Gasteiger partial charge < -0.3 is 19.2 Å². The van der Waals surface area contributed by atoms with E-state index in [1.165, 1.54) is 6.42 Å². The predicted octanol–water partition coefficient (Wildman–Crippen LogP) is 3.77. The average molecular weight is 379 g/mol. The van der Waals surface area contributed by atoms with Gasteiger partial charge in [0.1, 0.15) is 18.0 Å². The van der Waals surface area contributed by atoms with E-state index in [2.05, 4.69) is 10.3 Å². The molecular formula is C22H25N3O3. The van der Waals surface area contributed by atoms with Crippen molar-refractivity contribution >= 4 is 17.2 Å². The second-order valence-corrected chi connectivity index (χ2v) is 7.18. The largest absolute Gasteiger partial charge is 0.491 e. The van der Waals surface area contributed by atoms with Gasteiger partial charge in [-0.1, -0.05) is 6.07 Å². The Hall–Kier alpha value is -2.86. The number of aromatic nitrogens is 2. The van der Waals surface area contributed by atoms with E-state index in [4.69, 9.17) is 9.47 Å². The van der Waals surface area contributed by atoms with Crippen LogP contribution in [0.1, 0.15) is 30.5 Å². The van der Waals surface area contributed by atoms with Gasteiger partial charge in [0.15, 0.2) is 0 Å². The van der Waals surface area contributed by atoms with Gasteiger partial charge in [0, 0.05) is 24.7 Å². The third-order valence-corrected chi connectivity index (χ3v) is 5.00. The summed E-state index contributed by atoms with van der Waals surface area (Å²) in [6.45, 7) is 3.40. The molecule has 3 heterocycles. The van der Waals surface area contributed by atoms with Crippen LogP contribution in [0.15, 0.2) is 48.8 Å². The molecule has 1 atom stereocenters. The maximum Gasteiger partial charge on any atom is 0.230 e. The second-order valence-electron chi connectivity index (χ2n) is 7.18. The van der Waals surface area contributed by atoms with Gasteiger partial charge in [0.05, 0.1) is 18.2 Å². The van der Waals surface area contributed by atoms with E-state index < -0.39 is 0 Å². The zero-order valence-electron chi connectivity index (χ0n) is 16.1. The predicted molar refractivity (Wildman–Crippen MR) is 108 cm³/mol. The molecule has 6 heteroatoms. The molecule has 4 rings (SSSR count). The van der Waals surface area contributed by atoms with Crippen LogP contribution in [0.4, 0.5) is 5.69 Å². The molecule has 1 aliphatic heterocycles. The van der Waals surface area contributed by atoms with Crippen LogP contribution in [-0.4, -0.2) is 34.6 Å². The fourth-order valence-corrected chi connectivity index (χ4v) is 3.47. The van der Waals surface area contributed by atoms with Crippen molar-refractivity contribution in [2.45, 2.75) is 38.7 Å². The van der Waals surface area contributed by atoms with Crippen molar-refractivity contribution in [2.24, 2.45) is 0 Å². The highest BCUT2D eigenvalue weighted by Crippen LogP contribution is 2.19. The molecule has 1 fully saturated rings. The number of rotatable bonds is 6. The number of amides is 1. The molecule has 1 unspecified atom stereocenters. The van der Waals surface area contributed by atoms with Crippen molar-refractivity contribution in [1.82, 2.24) is 9.38 Å². The van der Waals surface area contributed by atoms with E-state index in [0.29, 0.717) is 6.61 Å². The van der Waals surface area contributed by atoms with E-state index in [9.17, 15) is 4.79 Å². The Morgan fingerprint density at radius 2 is 2.14 bits per heavy atom. The molecule has 28 heavy (non-hydrogen) atoms. The van der Waals surface area contributed by atoms with Gasteiger partial charge >= 0.3 is 0 Å². The van der Waals surface area contributed by atoms with Gasteiger partial charge in [0.25, 0.3) is 0 Å². The molecule has 0 radical (unpaired) electrons. The molecule has 0 saturated carbocycles. The van der Waals surface area contributed by atoms with Crippen molar-refractivity contribution < 1.29 is 14.3 Å². The number of nitrogens with zero attached hydrogens (tertiary/aromatic N) is 2. The number of imidazole rings is 1. The van der Waals surface area contributed by atoms with Crippen molar-refractivity contribution in [3.8, 4) is 5.75 Å². The van der Waals surface area contributed by atoms with Crippen LogP contribution in [0.3, 0.4) is 0 Å². The van der Waals surface area contributed by atoms with Crippen LogP contribution < -0.4 is 10.1 Å². The highest BCUT2D eigenvalue weighted by Gasteiger charge is 2.14. The highest BCUT2D eigenvalue weighted by atomic mass is 16.5. The van der Waals surface area contributed by atoms with Crippen LogP contribution in [0.2, 0.25) is 0 Å². The summed E-state index contributed by atoms with van der Waals surface area (Å²) >= 11 is 0. The summed E-state index contributed by atoms with van der Waals surface area (Å²) in [6.07, 6.45) is 7.53. The summed E-state index contributed by atoms with van der Waals surface area (Å²) in [7, 11) is 0. The number of benzene rings is 1. The van der Waals surface area contributed by atoms with Gasteiger partial charge in [-0.05, 0) is 62.1 Å². The molecule has 0 bridgehead atoms. The number of nitrogens with one attached hydrogen (secondary N) is 1. The first-order valence-electron chi connectivity index (χ1n) is 9.75. The van der Waals surface area contributed by atoms with Crippen LogP contribution >= 0.6 is 0 Å². The molecule has 2 aromatic heterocycles. The number of ether oxygens (including phenoxy) is 2. The quantitative estimate of drug-likeness (QED) is 0.708. The summed E-state index contributed by atoms with van der Waals surface area (Å²) in [5.74, 6) is 0.706.